The number of carboxylic acid groups (broad SMARTS) is 1. The fourth-order valence-corrected chi connectivity index (χ4v) is 8.36. The number of nitrogens with zero attached hydrogens (tertiary/aromatic N) is 3. The highest BCUT2D eigenvalue weighted by Crippen LogP contribution is 2.33. The third-order valence-corrected chi connectivity index (χ3v) is 12.1. The summed E-state index contributed by atoms with van der Waals surface area (Å²) in [5.41, 5.74) is 11.5. The summed E-state index contributed by atoms with van der Waals surface area (Å²) in [5.74, 6) is -0.945. The summed E-state index contributed by atoms with van der Waals surface area (Å²) in [4.78, 5) is 29.1. The van der Waals surface area contributed by atoms with Crippen LogP contribution < -0.4 is 5.32 Å². The van der Waals surface area contributed by atoms with E-state index >= 15 is 0 Å². The number of phenols is 1. The lowest BCUT2D eigenvalue weighted by Crippen LogP contribution is -2.26. The molecule has 56 heavy (non-hydrogen) atoms. The molecule has 3 N–H and O–H groups in total. The zero-order valence-corrected chi connectivity index (χ0v) is 35.6. The number of rotatable bonds is 2. The Labute approximate surface area is 350 Å². The van der Waals surface area contributed by atoms with Crippen LogP contribution in [0, 0.1) is 6.92 Å². The number of benzene rings is 4. The largest absolute Gasteiger partial charge is 0.508 e. The molecule has 0 saturated carbocycles. The second kappa shape index (κ2) is 19.9. The molecular formula is C43H50Cl4N4O5. The van der Waals surface area contributed by atoms with E-state index in [1.807, 2.05) is 44.3 Å². The summed E-state index contributed by atoms with van der Waals surface area (Å²) < 4.78 is 4.70. The summed E-state index contributed by atoms with van der Waals surface area (Å²) in [7, 11) is 7.60. The lowest BCUT2D eigenvalue weighted by Gasteiger charge is -2.26. The van der Waals surface area contributed by atoms with Gasteiger partial charge in [0.25, 0.3) is 0 Å². The minimum atomic E-state index is -0.957. The zero-order valence-electron chi connectivity index (χ0n) is 32.6. The highest BCUT2D eigenvalue weighted by Gasteiger charge is 2.21. The minimum Gasteiger partial charge on any atom is -0.508 e. The van der Waals surface area contributed by atoms with Crippen molar-refractivity contribution < 1.29 is 24.5 Å². The number of aromatic carboxylic acids is 1. The molecule has 4 aliphatic heterocycles. The molecule has 0 radical (unpaired) electrons. The second-order valence-corrected chi connectivity index (χ2v) is 16.4. The van der Waals surface area contributed by atoms with E-state index in [-0.39, 0.29) is 11.5 Å². The van der Waals surface area contributed by atoms with Crippen molar-refractivity contribution in [3.05, 3.63) is 130 Å². The van der Waals surface area contributed by atoms with E-state index in [1.54, 1.807) is 18.2 Å². The molecule has 0 saturated heterocycles. The molecule has 0 amide bonds. The van der Waals surface area contributed by atoms with Crippen LogP contribution in [-0.2, 0) is 56.6 Å². The predicted octanol–water partition coefficient (Wildman–Crippen LogP) is 8.47. The van der Waals surface area contributed by atoms with E-state index in [9.17, 15) is 9.59 Å². The molecular weight excluding hydrogens is 794 g/mol. The predicted molar refractivity (Wildman–Crippen MR) is 226 cm³/mol. The molecule has 0 fully saturated rings. The number of carbonyl (C=O) groups is 2. The number of nitrogens with one attached hydrogen (secondary N) is 1. The van der Waals surface area contributed by atoms with Gasteiger partial charge < -0.3 is 35.0 Å². The van der Waals surface area contributed by atoms with E-state index in [0.29, 0.717) is 21.4 Å². The SMILES string of the molecule is CN1CCc2cc(C(=O)O)c(Cl)cc2C1.COC(=O)c1cc2c(cc1Cl)CN(C)CC2.Cc1c(Cl)cc2c(c1Cl)CCN(C)C2.Oc1ccc2c(c1)CCNC2. The summed E-state index contributed by atoms with van der Waals surface area (Å²) in [6.07, 6.45) is 3.91. The van der Waals surface area contributed by atoms with Crippen molar-refractivity contribution in [2.45, 2.75) is 58.8 Å². The summed E-state index contributed by atoms with van der Waals surface area (Å²) in [6, 6.07) is 14.8. The van der Waals surface area contributed by atoms with Crippen LogP contribution in [0.5, 0.6) is 5.75 Å². The average Bonchev–Trinajstić information content (AvgIpc) is 3.16. The van der Waals surface area contributed by atoms with E-state index < -0.39 is 5.97 Å². The Morgan fingerprint density at radius 2 is 1.18 bits per heavy atom. The number of methoxy groups -OCH3 is 1. The highest BCUT2D eigenvalue weighted by atomic mass is 35.5. The van der Waals surface area contributed by atoms with Gasteiger partial charge in [0.15, 0.2) is 0 Å². The zero-order chi connectivity index (χ0) is 40.7. The molecule has 8 rings (SSSR count). The number of phenolic OH excluding ortho intramolecular Hbond substituents is 1. The third kappa shape index (κ3) is 11.2. The van der Waals surface area contributed by atoms with E-state index in [1.165, 1.54) is 40.5 Å². The Morgan fingerprint density at radius 3 is 1.77 bits per heavy atom. The molecule has 4 heterocycles. The molecule has 4 aliphatic rings. The average molecular weight is 845 g/mol. The molecule has 0 aliphatic carbocycles. The van der Waals surface area contributed by atoms with Crippen LogP contribution in [0.1, 0.15) is 70.8 Å². The standard InChI is InChI=1S/C12H14ClNO2.C11H13Cl2N.C11H12ClNO2.C9H11NO/c1-14-4-3-8-5-10(12(15)16-2)11(13)6-9(8)7-14;1-7-10(12)5-8-6-14(2)4-3-9(8)11(7)13;1-13-3-2-7-4-9(11(14)15)10(12)5-8(7)6-13;11-9-2-1-8-6-10-4-3-7(8)5-9/h5-6H,3-4,7H2,1-2H3;5H,3-4,6H2,1-2H3;4-5H,2-3,6H2,1H3,(H,14,15);1-2,5,10-11H,3-4,6H2. The Bertz CT molecular complexity index is 2080. The van der Waals surface area contributed by atoms with Gasteiger partial charge in [-0.05, 0) is 153 Å². The maximum Gasteiger partial charge on any atom is 0.339 e. The fraction of sp³-hybridized carbons (Fsp3) is 0.395. The van der Waals surface area contributed by atoms with Crippen molar-refractivity contribution in [2.24, 2.45) is 0 Å². The van der Waals surface area contributed by atoms with Gasteiger partial charge in [0, 0.05) is 55.9 Å². The Balaban J connectivity index is 0.000000144. The molecule has 0 spiro atoms. The monoisotopic (exact) mass is 842 g/mol. The number of hydrogen-bond acceptors (Lipinski definition) is 8. The maximum atomic E-state index is 11.5. The van der Waals surface area contributed by atoms with Crippen LogP contribution in [-0.4, -0.2) is 91.3 Å². The number of hydrogen-bond donors (Lipinski definition) is 3. The maximum absolute atomic E-state index is 11.5. The van der Waals surface area contributed by atoms with Gasteiger partial charge in [-0.3, -0.25) is 0 Å². The summed E-state index contributed by atoms with van der Waals surface area (Å²) in [6.45, 7) is 9.67. The molecule has 0 bridgehead atoms. The van der Waals surface area contributed by atoms with Gasteiger partial charge in [0.05, 0.1) is 28.3 Å². The van der Waals surface area contributed by atoms with Gasteiger partial charge >= 0.3 is 11.9 Å². The lowest BCUT2D eigenvalue weighted by molar-refractivity contribution is 0.0599. The van der Waals surface area contributed by atoms with Crippen LogP contribution in [0.3, 0.4) is 0 Å². The van der Waals surface area contributed by atoms with Gasteiger partial charge in [0.2, 0.25) is 0 Å². The van der Waals surface area contributed by atoms with Crippen LogP contribution >= 0.6 is 46.4 Å². The van der Waals surface area contributed by atoms with Crippen LogP contribution in [0.2, 0.25) is 20.1 Å². The van der Waals surface area contributed by atoms with Gasteiger partial charge in [-0.1, -0.05) is 52.5 Å². The number of halogens is 4. The van der Waals surface area contributed by atoms with E-state index in [4.69, 9.17) is 61.4 Å². The fourth-order valence-electron chi connectivity index (χ4n) is 7.24. The molecule has 0 unspecified atom stereocenters. The Hall–Kier alpha value is -3.38. The van der Waals surface area contributed by atoms with Crippen molar-refractivity contribution in [2.75, 3.05) is 54.4 Å². The number of esters is 1. The van der Waals surface area contributed by atoms with Crippen molar-refractivity contribution >= 4 is 58.3 Å². The third-order valence-electron chi connectivity index (χ3n) is 10.5. The first kappa shape index (κ1) is 43.7. The summed E-state index contributed by atoms with van der Waals surface area (Å²) in [5, 5.41) is 23.8. The van der Waals surface area contributed by atoms with Crippen LogP contribution in [0.25, 0.3) is 0 Å². The number of carboxylic acids is 1. The van der Waals surface area contributed by atoms with Gasteiger partial charge in [-0.2, -0.15) is 0 Å². The first-order chi connectivity index (χ1) is 26.6. The number of ether oxygens (including phenoxy) is 1. The molecule has 9 nitrogen and oxygen atoms in total. The molecule has 4 aromatic rings. The van der Waals surface area contributed by atoms with Gasteiger partial charge in [-0.25, -0.2) is 9.59 Å². The van der Waals surface area contributed by atoms with Crippen molar-refractivity contribution in [3.8, 4) is 5.75 Å². The lowest BCUT2D eigenvalue weighted by atomic mass is 9.97. The van der Waals surface area contributed by atoms with Gasteiger partial charge in [0.1, 0.15) is 5.75 Å². The van der Waals surface area contributed by atoms with Crippen molar-refractivity contribution in [1.29, 1.82) is 0 Å². The smallest absolute Gasteiger partial charge is 0.339 e. The van der Waals surface area contributed by atoms with Gasteiger partial charge in [-0.15, -0.1) is 0 Å². The number of carbonyl (C=O) groups excluding carboxylic acids is 1. The van der Waals surface area contributed by atoms with Crippen molar-refractivity contribution in [3.63, 3.8) is 0 Å². The number of fused-ring (bicyclic) bond motifs is 4. The first-order valence-electron chi connectivity index (χ1n) is 18.6. The topological polar surface area (TPSA) is 106 Å². The molecule has 0 atom stereocenters. The number of aromatic hydroxyl groups is 1. The molecule has 13 heteroatoms. The Morgan fingerprint density at radius 1 is 0.661 bits per heavy atom. The van der Waals surface area contributed by atoms with Crippen LogP contribution in [0.15, 0.2) is 48.5 Å². The number of likely N-dealkylation sites (N-methyl/N-ethyl adjacent to an activating group) is 3. The highest BCUT2D eigenvalue weighted by molar-refractivity contribution is 6.36. The molecule has 300 valence electrons. The summed E-state index contributed by atoms with van der Waals surface area (Å²) >= 11 is 24.3. The minimum absolute atomic E-state index is 0.208. The molecule has 0 aromatic heterocycles. The molecule has 4 aromatic carbocycles. The Kier molecular flexibility index (Phi) is 15.5. The van der Waals surface area contributed by atoms with E-state index in [2.05, 4.69) is 34.1 Å². The van der Waals surface area contributed by atoms with E-state index in [0.717, 1.165) is 105 Å². The second-order valence-electron chi connectivity index (χ2n) is 14.8. The van der Waals surface area contributed by atoms with Crippen LogP contribution in [0.4, 0.5) is 0 Å². The van der Waals surface area contributed by atoms with Crippen molar-refractivity contribution in [1.82, 2.24) is 20.0 Å². The normalized spacial score (nSPS) is 16.2. The quantitative estimate of drug-likeness (QED) is 0.172. The first-order valence-corrected chi connectivity index (χ1v) is 20.1.